The lowest BCUT2D eigenvalue weighted by Crippen LogP contribution is -2.41. The Labute approximate surface area is 139 Å². The zero-order chi connectivity index (χ0) is 16.8. The van der Waals surface area contributed by atoms with E-state index in [1.165, 1.54) is 0 Å². The summed E-state index contributed by atoms with van der Waals surface area (Å²) in [6.07, 6.45) is 0.177. The van der Waals surface area contributed by atoms with Gasteiger partial charge in [0.1, 0.15) is 5.75 Å². The van der Waals surface area contributed by atoms with Gasteiger partial charge in [-0.3, -0.25) is 0 Å². The van der Waals surface area contributed by atoms with E-state index in [0.29, 0.717) is 0 Å². The van der Waals surface area contributed by atoms with Crippen molar-refractivity contribution in [2.45, 2.75) is 58.8 Å². The molecule has 0 N–H and O–H groups in total. The molecule has 1 fully saturated rings. The van der Waals surface area contributed by atoms with Crippen molar-refractivity contribution in [3.8, 4) is 5.75 Å². The third-order valence-corrected chi connectivity index (χ3v) is 4.73. The Balaban J connectivity index is 1.90. The second-order valence-electron chi connectivity index (χ2n) is 7.52. The van der Waals surface area contributed by atoms with Crippen LogP contribution in [0.15, 0.2) is 36.4 Å². The Morgan fingerprint density at radius 1 is 0.870 bits per heavy atom. The fourth-order valence-electron chi connectivity index (χ4n) is 2.71. The molecule has 3 nitrogen and oxygen atoms in total. The molecule has 1 aliphatic rings. The van der Waals surface area contributed by atoms with E-state index in [-0.39, 0.29) is 24.4 Å². The van der Waals surface area contributed by atoms with Crippen LogP contribution in [-0.4, -0.2) is 24.4 Å². The van der Waals surface area contributed by atoms with Crippen molar-refractivity contribution in [1.29, 1.82) is 0 Å². The van der Waals surface area contributed by atoms with Crippen molar-refractivity contribution in [3.63, 3.8) is 0 Å². The van der Waals surface area contributed by atoms with Crippen molar-refractivity contribution in [2.24, 2.45) is 0 Å². The average Bonchev–Trinajstić information content (AvgIpc) is 2.66. The molecule has 4 heteroatoms. The van der Waals surface area contributed by atoms with Crippen LogP contribution in [0.1, 0.15) is 41.5 Å². The molecule has 1 aliphatic heterocycles. The molecular weight excluding hydrogens is 287 g/mol. The number of ether oxygens (including phenoxy) is 1. The fourth-order valence-corrected chi connectivity index (χ4v) is 2.71. The van der Waals surface area contributed by atoms with Gasteiger partial charge in [-0.25, -0.2) is 0 Å². The second kappa shape index (κ2) is 5.54. The maximum absolute atomic E-state index is 6.13. The summed E-state index contributed by atoms with van der Waals surface area (Å²) in [5.41, 5.74) is 0.414. The molecule has 1 heterocycles. The normalized spacial score (nSPS) is 19.5. The highest BCUT2D eigenvalue weighted by Crippen LogP contribution is 2.36. The predicted octanol–water partition coefficient (Wildman–Crippen LogP) is 3.93. The highest BCUT2D eigenvalue weighted by molar-refractivity contribution is 6.62. The number of rotatable bonds is 3. The number of hydrogen-bond acceptors (Lipinski definition) is 3. The van der Waals surface area contributed by atoms with Crippen LogP contribution in [0.5, 0.6) is 5.75 Å². The van der Waals surface area contributed by atoms with E-state index in [9.17, 15) is 0 Å². The van der Waals surface area contributed by atoms with Gasteiger partial charge in [0.05, 0.1) is 17.3 Å². The van der Waals surface area contributed by atoms with Gasteiger partial charge in [0.2, 0.25) is 0 Å². The zero-order valence-corrected chi connectivity index (χ0v) is 14.8. The van der Waals surface area contributed by atoms with Gasteiger partial charge in [-0.1, -0.05) is 24.3 Å². The highest BCUT2D eigenvalue weighted by Gasteiger charge is 2.51. The molecule has 0 bridgehead atoms. The largest absolute Gasteiger partial charge is 0.494 e. The summed E-state index contributed by atoms with van der Waals surface area (Å²) in [6.45, 7) is 12.4. The lowest BCUT2D eigenvalue weighted by molar-refractivity contribution is 0.00578. The molecule has 0 saturated carbocycles. The Hall–Kier alpha value is -1.52. The molecule has 3 rings (SSSR count). The molecule has 2 aromatic carbocycles. The van der Waals surface area contributed by atoms with Crippen molar-refractivity contribution in [3.05, 3.63) is 36.4 Å². The van der Waals surface area contributed by atoms with Gasteiger partial charge in [0.15, 0.2) is 0 Å². The molecule has 0 atom stereocenters. The Bertz CT molecular complexity index is 706. The Morgan fingerprint density at radius 2 is 1.43 bits per heavy atom. The summed E-state index contributed by atoms with van der Waals surface area (Å²) in [7, 11) is -0.323. The van der Waals surface area contributed by atoms with Crippen LogP contribution < -0.4 is 10.2 Å². The van der Waals surface area contributed by atoms with Crippen LogP contribution in [-0.2, 0) is 9.31 Å². The standard InChI is InChI=1S/C19H25BO3/c1-13(2)21-17-10-8-14-11-16(9-7-15(14)12-17)20-22-18(3,4)19(5,6)23-20/h7-13H,1-6H3. The van der Waals surface area contributed by atoms with Crippen molar-refractivity contribution >= 4 is 23.4 Å². The monoisotopic (exact) mass is 312 g/mol. The maximum Gasteiger partial charge on any atom is 0.494 e. The Kier molecular flexibility index (Phi) is 3.93. The smallest absolute Gasteiger partial charge is 0.491 e. The molecular formula is C19H25BO3. The minimum Gasteiger partial charge on any atom is -0.491 e. The minimum atomic E-state index is -0.323. The molecule has 122 valence electrons. The third kappa shape index (κ3) is 3.10. The average molecular weight is 312 g/mol. The summed E-state index contributed by atoms with van der Waals surface area (Å²) < 4.78 is 18.0. The van der Waals surface area contributed by atoms with E-state index < -0.39 is 0 Å². The van der Waals surface area contributed by atoms with E-state index >= 15 is 0 Å². The molecule has 0 radical (unpaired) electrons. The summed E-state index contributed by atoms with van der Waals surface area (Å²) in [6, 6.07) is 12.5. The molecule has 0 spiro atoms. The van der Waals surface area contributed by atoms with Gasteiger partial charge in [-0.05, 0) is 69.9 Å². The molecule has 0 amide bonds. The number of fused-ring (bicyclic) bond motifs is 1. The number of hydrogen-bond donors (Lipinski definition) is 0. The summed E-state index contributed by atoms with van der Waals surface area (Å²) >= 11 is 0. The van der Waals surface area contributed by atoms with Gasteiger partial charge < -0.3 is 14.0 Å². The van der Waals surface area contributed by atoms with Gasteiger partial charge in [0.25, 0.3) is 0 Å². The van der Waals surface area contributed by atoms with E-state index in [1.807, 2.05) is 19.9 Å². The lowest BCUT2D eigenvalue weighted by atomic mass is 9.78. The summed E-state index contributed by atoms with van der Waals surface area (Å²) in [5.74, 6) is 0.899. The van der Waals surface area contributed by atoms with Crippen molar-refractivity contribution in [2.75, 3.05) is 0 Å². The molecule has 1 saturated heterocycles. The minimum absolute atomic E-state index is 0.177. The van der Waals surface area contributed by atoms with Gasteiger partial charge in [0, 0.05) is 0 Å². The van der Waals surface area contributed by atoms with Crippen LogP contribution in [0.25, 0.3) is 10.8 Å². The zero-order valence-electron chi connectivity index (χ0n) is 14.8. The van der Waals surface area contributed by atoms with Gasteiger partial charge in [-0.2, -0.15) is 0 Å². The van der Waals surface area contributed by atoms with Crippen LogP contribution in [0.2, 0.25) is 0 Å². The van der Waals surface area contributed by atoms with Crippen LogP contribution in [0.3, 0.4) is 0 Å². The Morgan fingerprint density at radius 3 is 2.04 bits per heavy atom. The van der Waals surface area contributed by atoms with Crippen LogP contribution in [0.4, 0.5) is 0 Å². The van der Waals surface area contributed by atoms with Crippen molar-refractivity contribution in [1.82, 2.24) is 0 Å². The van der Waals surface area contributed by atoms with Gasteiger partial charge >= 0.3 is 7.12 Å². The molecule has 2 aromatic rings. The quantitative estimate of drug-likeness (QED) is 0.804. The fraction of sp³-hybridized carbons (Fsp3) is 0.474. The van der Waals surface area contributed by atoms with Crippen molar-refractivity contribution < 1.29 is 14.0 Å². The van der Waals surface area contributed by atoms with E-state index in [4.69, 9.17) is 14.0 Å². The van der Waals surface area contributed by atoms with E-state index in [1.54, 1.807) is 0 Å². The van der Waals surface area contributed by atoms with E-state index in [0.717, 1.165) is 22.0 Å². The van der Waals surface area contributed by atoms with E-state index in [2.05, 4.69) is 58.0 Å². The third-order valence-electron chi connectivity index (χ3n) is 4.73. The van der Waals surface area contributed by atoms with Crippen LogP contribution >= 0.6 is 0 Å². The lowest BCUT2D eigenvalue weighted by Gasteiger charge is -2.32. The first-order valence-electron chi connectivity index (χ1n) is 8.24. The first-order chi connectivity index (χ1) is 10.7. The number of benzene rings is 2. The highest BCUT2D eigenvalue weighted by atomic mass is 16.7. The predicted molar refractivity (Wildman–Crippen MR) is 95.4 cm³/mol. The first-order valence-corrected chi connectivity index (χ1v) is 8.24. The topological polar surface area (TPSA) is 27.7 Å². The SMILES string of the molecule is CC(C)Oc1ccc2cc(B3OC(C)(C)C(C)(C)O3)ccc2c1. The second-order valence-corrected chi connectivity index (χ2v) is 7.52. The molecule has 23 heavy (non-hydrogen) atoms. The van der Waals surface area contributed by atoms with Gasteiger partial charge in [-0.15, -0.1) is 0 Å². The summed E-state index contributed by atoms with van der Waals surface area (Å²) in [5, 5.41) is 2.32. The van der Waals surface area contributed by atoms with Crippen LogP contribution in [0, 0.1) is 0 Å². The maximum atomic E-state index is 6.13. The molecule has 0 aliphatic carbocycles. The molecule has 0 unspecified atom stereocenters. The first kappa shape index (κ1) is 16.3. The molecule has 0 aromatic heterocycles. The summed E-state index contributed by atoms with van der Waals surface area (Å²) in [4.78, 5) is 0.